The number of rotatable bonds is 6. The average molecular weight is 474 g/mol. The molecule has 0 saturated heterocycles. The molecular weight excluding hydrogens is 446 g/mol. The summed E-state index contributed by atoms with van der Waals surface area (Å²) in [6.07, 6.45) is 3.39. The molecule has 0 aliphatic carbocycles. The van der Waals surface area contributed by atoms with Crippen LogP contribution in [0, 0.1) is 20.8 Å². The number of amides is 1. The number of anilines is 1. The smallest absolute Gasteiger partial charge is 0.248 e. The van der Waals surface area contributed by atoms with Gasteiger partial charge < -0.3 is 14.5 Å². The number of carbonyl (C=O) groups excluding carboxylic acids is 1. The minimum atomic E-state index is -0.234. The Kier molecular flexibility index (Phi) is 6.80. The number of allylic oxidation sites excluding steroid dienone is 1. The molecule has 0 spiro atoms. The summed E-state index contributed by atoms with van der Waals surface area (Å²) in [5.41, 5.74) is 8.55. The number of furan rings is 1. The average Bonchev–Trinajstić information content (AvgIpc) is 3.19. The van der Waals surface area contributed by atoms with Gasteiger partial charge in [-0.3, -0.25) is 4.79 Å². The summed E-state index contributed by atoms with van der Waals surface area (Å²) in [6, 6.07) is 15.5. The van der Waals surface area contributed by atoms with E-state index in [-0.39, 0.29) is 5.91 Å². The molecule has 0 aliphatic rings. The van der Waals surface area contributed by atoms with Crippen LogP contribution in [0.4, 0.5) is 5.69 Å². The molecule has 0 atom stereocenters. The Hall–Kier alpha value is -3.50. The molecule has 1 aromatic heterocycles. The van der Waals surface area contributed by atoms with Crippen LogP contribution in [0.3, 0.4) is 0 Å². The van der Waals surface area contributed by atoms with Gasteiger partial charge in [0.05, 0.1) is 12.9 Å². The van der Waals surface area contributed by atoms with E-state index in [0.29, 0.717) is 17.3 Å². The molecule has 1 heterocycles. The van der Waals surface area contributed by atoms with Gasteiger partial charge in [-0.05, 0) is 75.6 Å². The third-order valence-electron chi connectivity index (χ3n) is 5.87. The van der Waals surface area contributed by atoms with Crippen molar-refractivity contribution in [3.63, 3.8) is 0 Å². The van der Waals surface area contributed by atoms with Crippen LogP contribution in [0.5, 0.6) is 5.75 Å². The first kappa shape index (κ1) is 23.7. The molecule has 0 unspecified atom stereocenters. The van der Waals surface area contributed by atoms with E-state index in [2.05, 4.69) is 43.4 Å². The topological polar surface area (TPSA) is 51.5 Å². The lowest BCUT2D eigenvalue weighted by molar-refractivity contribution is -0.111. The van der Waals surface area contributed by atoms with E-state index in [1.54, 1.807) is 36.6 Å². The zero-order valence-corrected chi connectivity index (χ0v) is 20.8. The van der Waals surface area contributed by atoms with Crippen molar-refractivity contribution in [1.29, 1.82) is 0 Å². The summed E-state index contributed by atoms with van der Waals surface area (Å²) < 4.78 is 12.0. The maximum Gasteiger partial charge on any atom is 0.248 e. The molecule has 174 valence electrons. The highest BCUT2D eigenvalue weighted by molar-refractivity contribution is 6.31. The minimum Gasteiger partial charge on any atom is -0.493 e. The Morgan fingerprint density at radius 3 is 2.59 bits per heavy atom. The van der Waals surface area contributed by atoms with Gasteiger partial charge in [-0.1, -0.05) is 41.4 Å². The Labute approximate surface area is 205 Å². The zero-order valence-electron chi connectivity index (χ0n) is 20.1. The standard InChI is InChI=1S/C29H28ClNO3/c1-6-33-28-20(5)29-25(26(16-34-29)23-11-10-17(2)12-18(23)3)15-24(28)19(4)13-27(32)31-22-9-7-8-21(30)14-22/h7-16H,6H2,1-5H3,(H,31,32)/b19-13+. The molecule has 0 radical (unpaired) electrons. The number of hydrogen-bond donors (Lipinski definition) is 1. The molecule has 1 N–H and O–H groups in total. The number of fused-ring (bicyclic) bond motifs is 1. The molecule has 1 amide bonds. The number of benzene rings is 3. The third kappa shape index (κ3) is 4.73. The molecule has 5 heteroatoms. The fourth-order valence-corrected chi connectivity index (χ4v) is 4.47. The Bertz CT molecular complexity index is 1410. The van der Waals surface area contributed by atoms with Crippen molar-refractivity contribution >= 4 is 39.7 Å². The molecule has 0 fully saturated rings. The first-order chi connectivity index (χ1) is 16.3. The van der Waals surface area contributed by atoms with Gasteiger partial charge in [0.1, 0.15) is 11.3 Å². The van der Waals surface area contributed by atoms with Crippen molar-refractivity contribution in [2.45, 2.75) is 34.6 Å². The lowest BCUT2D eigenvalue weighted by Gasteiger charge is -2.15. The van der Waals surface area contributed by atoms with Crippen LogP contribution in [-0.2, 0) is 4.79 Å². The van der Waals surface area contributed by atoms with Gasteiger partial charge in [0.25, 0.3) is 0 Å². The van der Waals surface area contributed by atoms with Crippen LogP contribution in [0.25, 0.3) is 27.7 Å². The van der Waals surface area contributed by atoms with Gasteiger partial charge >= 0.3 is 0 Å². The minimum absolute atomic E-state index is 0.234. The highest BCUT2D eigenvalue weighted by atomic mass is 35.5. The fourth-order valence-electron chi connectivity index (χ4n) is 4.28. The van der Waals surface area contributed by atoms with Gasteiger partial charge in [0.2, 0.25) is 5.91 Å². The summed E-state index contributed by atoms with van der Waals surface area (Å²) in [6.45, 7) is 10.6. The van der Waals surface area contributed by atoms with Gasteiger partial charge in [-0.2, -0.15) is 0 Å². The second-order valence-corrected chi connectivity index (χ2v) is 8.92. The number of aryl methyl sites for hydroxylation is 3. The molecular formula is C29H28ClNO3. The van der Waals surface area contributed by atoms with Crippen LogP contribution in [0.2, 0.25) is 5.02 Å². The number of hydrogen-bond acceptors (Lipinski definition) is 3. The van der Waals surface area contributed by atoms with Crippen molar-refractivity contribution < 1.29 is 13.9 Å². The maximum atomic E-state index is 12.8. The number of nitrogens with one attached hydrogen (secondary N) is 1. The SMILES string of the molecule is CCOc1c(/C(C)=C/C(=O)Nc2cccc(Cl)c2)cc2c(-c3ccc(C)cc3C)coc2c1C. The van der Waals surface area contributed by atoms with Crippen molar-refractivity contribution in [3.05, 3.63) is 88.1 Å². The van der Waals surface area contributed by atoms with Gasteiger partial charge in [0, 0.05) is 38.9 Å². The zero-order chi connectivity index (χ0) is 24.4. The highest BCUT2D eigenvalue weighted by Crippen LogP contribution is 2.41. The molecule has 4 aromatic rings. The molecule has 4 rings (SSSR count). The van der Waals surface area contributed by atoms with Crippen molar-refractivity contribution in [2.24, 2.45) is 0 Å². The van der Waals surface area contributed by atoms with Crippen molar-refractivity contribution in [1.82, 2.24) is 0 Å². The van der Waals surface area contributed by atoms with Gasteiger partial charge in [0.15, 0.2) is 0 Å². The van der Waals surface area contributed by atoms with Crippen molar-refractivity contribution in [2.75, 3.05) is 11.9 Å². The fraction of sp³-hybridized carbons (Fsp3) is 0.207. The second-order valence-electron chi connectivity index (χ2n) is 8.48. The quantitative estimate of drug-likeness (QED) is 0.287. The lowest BCUT2D eigenvalue weighted by atomic mass is 9.94. The summed E-state index contributed by atoms with van der Waals surface area (Å²) in [5, 5.41) is 4.43. The van der Waals surface area contributed by atoms with Gasteiger partial charge in [-0.15, -0.1) is 0 Å². The van der Waals surface area contributed by atoms with Crippen LogP contribution in [0.1, 0.15) is 36.1 Å². The summed E-state index contributed by atoms with van der Waals surface area (Å²) in [4.78, 5) is 12.8. The van der Waals surface area contributed by atoms with Crippen LogP contribution in [0.15, 0.2) is 65.3 Å². The summed E-state index contributed by atoms with van der Waals surface area (Å²) in [7, 11) is 0. The Balaban J connectivity index is 1.80. The number of ether oxygens (including phenoxy) is 1. The first-order valence-corrected chi connectivity index (χ1v) is 11.7. The maximum absolute atomic E-state index is 12.8. The van der Waals surface area contributed by atoms with E-state index in [4.69, 9.17) is 20.8 Å². The van der Waals surface area contributed by atoms with Crippen LogP contribution in [-0.4, -0.2) is 12.5 Å². The van der Waals surface area contributed by atoms with E-state index >= 15 is 0 Å². The lowest BCUT2D eigenvalue weighted by Crippen LogP contribution is -2.09. The molecule has 0 saturated carbocycles. The van der Waals surface area contributed by atoms with E-state index < -0.39 is 0 Å². The second kappa shape index (κ2) is 9.78. The Morgan fingerprint density at radius 1 is 1.09 bits per heavy atom. The summed E-state index contributed by atoms with van der Waals surface area (Å²) in [5.74, 6) is 0.489. The number of halogens is 1. The monoisotopic (exact) mass is 473 g/mol. The van der Waals surface area contributed by atoms with E-state index in [0.717, 1.165) is 44.5 Å². The van der Waals surface area contributed by atoms with E-state index in [1.165, 1.54) is 11.1 Å². The molecule has 0 aliphatic heterocycles. The molecule has 4 nitrogen and oxygen atoms in total. The largest absolute Gasteiger partial charge is 0.493 e. The molecule has 0 bridgehead atoms. The normalized spacial score (nSPS) is 11.6. The van der Waals surface area contributed by atoms with Crippen LogP contribution < -0.4 is 10.1 Å². The predicted octanol–water partition coefficient (Wildman–Crippen LogP) is 8.12. The van der Waals surface area contributed by atoms with Gasteiger partial charge in [-0.25, -0.2) is 0 Å². The molecule has 3 aromatic carbocycles. The Morgan fingerprint density at radius 2 is 1.88 bits per heavy atom. The third-order valence-corrected chi connectivity index (χ3v) is 6.10. The summed E-state index contributed by atoms with van der Waals surface area (Å²) >= 11 is 6.04. The predicted molar refractivity (Wildman–Crippen MR) is 141 cm³/mol. The highest BCUT2D eigenvalue weighted by Gasteiger charge is 2.20. The first-order valence-electron chi connectivity index (χ1n) is 11.3. The number of carbonyl (C=O) groups is 1. The van der Waals surface area contributed by atoms with Crippen molar-refractivity contribution in [3.8, 4) is 16.9 Å². The van der Waals surface area contributed by atoms with E-state index in [1.807, 2.05) is 20.8 Å². The molecule has 34 heavy (non-hydrogen) atoms. The van der Waals surface area contributed by atoms with Crippen LogP contribution >= 0.6 is 11.6 Å². The van der Waals surface area contributed by atoms with E-state index in [9.17, 15) is 4.79 Å².